The summed E-state index contributed by atoms with van der Waals surface area (Å²) in [5.74, 6) is 0. The maximum atomic E-state index is 11.9. The minimum atomic E-state index is -0.166. The summed E-state index contributed by atoms with van der Waals surface area (Å²) in [6, 6.07) is 7.62. The monoisotopic (exact) mass is 277 g/mol. The smallest absolute Gasteiger partial charge is 0.319 e. The molecule has 2 rings (SSSR count). The summed E-state index contributed by atoms with van der Waals surface area (Å²) >= 11 is 0. The predicted molar refractivity (Wildman–Crippen MR) is 79.6 cm³/mol. The zero-order chi connectivity index (χ0) is 14.5. The van der Waals surface area contributed by atoms with E-state index < -0.39 is 0 Å². The van der Waals surface area contributed by atoms with Gasteiger partial charge in [-0.25, -0.2) is 4.79 Å². The molecular weight excluding hydrogens is 254 g/mol. The Bertz CT molecular complexity index is 445. The van der Waals surface area contributed by atoms with Gasteiger partial charge in [0.1, 0.15) is 0 Å². The Morgan fingerprint density at radius 1 is 1.35 bits per heavy atom. The second kappa shape index (κ2) is 6.72. The fourth-order valence-corrected chi connectivity index (χ4v) is 2.51. The van der Waals surface area contributed by atoms with Crippen molar-refractivity contribution in [3.05, 3.63) is 29.8 Å². The molecule has 5 heteroatoms. The third-order valence-corrected chi connectivity index (χ3v) is 3.75. The molecule has 0 aromatic heterocycles. The lowest BCUT2D eigenvalue weighted by Crippen LogP contribution is -2.36. The van der Waals surface area contributed by atoms with Gasteiger partial charge in [0.05, 0.1) is 6.10 Å². The summed E-state index contributed by atoms with van der Waals surface area (Å²) < 4.78 is 5.29. The van der Waals surface area contributed by atoms with Crippen LogP contribution in [-0.4, -0.2) is 25.3 Å². The minimum Gasteiger partial charge on any atom is -0.381 e. The number of ether oxygens (including phenoxy) is 1. The lowest BCUT2D eigenvalue weighted by molar-refractivity contribution is 0.107. The van der Waals surface area contributed by atoms with Crippen molar-refractivity contribution in [2.24, 2.45) is 5.73 Å². The molecule has 1 aromatic carbocycles. The molecule has 0 bridgehead atoms. The van der Waals surface area contributed by atoms with Gasteiger partial charge >= 0.3 is 6.03 Å². The third kappa shape index (κ3) is 3.95. The van der Waals surface area contributed by atoms with Crippen LogP contribution < -0.4 is 16.4 Å². The number of nitrogens with two attached hydrogens (primary N) is 1. The van der Waals surface area contributed by atoms with Gasteiger partial charge in [-0.1, -0.05) is 12.1 Å². The molecule has 0 aliphatic heterocycles. The minimum absolute atomic E-state index is 0.00217. The summed E-state index contributed by atoms with van der Waals surface area (Å²) in [5.41, 5.74) is 7.61. The molecule has 20 heavy (non-hydrogen) atoms. The van der Waals surface area contributed by atoms with Crippen molar-refractivity contribution >= 4 is 11.7 Å². The number of amides is 2. The van der Waals surface area contributed by atoms with Crippen LogP contribution in [0.3, 0.4) is 0 Å². The van der Waals surface area contributed by atoms with Crippen molar-refractivity contribution in [1.82, 2.24) is 5.32 Å². The number of benzene rings is 1. The summed E-state index contributed by atoms with van der Waals surface area (Å²) in [4.78, 5) is 11.9. The Balaban J connectivity index is 1.82. The van der Waals surface area contributed by atoms with Gasteiger partial charge in [0.25, 0.3) is 0 Å². The van der Waals surface area contributed by atoms with Crippen molar-refractivity contribution in [2.45, 2.75) is 44.4 Å². The molecule has 3 unspecified atom stereocenters. The number of urea groups is 1. The Morgan fingerprint density at radius 3 is 2.60 bits per heavy atom. The molecule has 110 valence electrons. The molecule has 1 aliphatic carbocycles. The highest BCUT2D eigenvalue weighted by molar-refractivity contribution is 5.89. The second-order valence-corrected chi connectivity index (χ2v) is 5.38. The van der Waals surface area contributed by atoms with Crippen LogP contribution in [0.2, 0.25) is 0 Å². The van der Waals surface area contributed by atoms with Gasteiger partial charge in [-0.2, -0.15) is 0 Å². The third-order valence-electron chi connectivity index (χ3n) is 3.75. The topological polar surface area (TPSA) is 76.4 Å². The van der Waals surface area contributed by atoms with Crippen LogP contribution in [0.5, 0.6) is 0 Å². The molecule has 0 radical (unpaired) electrons. The van der Waals surface area contributed by atoms with Gasteiger partial charge in [0.2, 0.25) is 0 Å². The molecule has 3 atom stereocenters. The van der Waals surface area contributed by atoms with Gasteiger partial charge in [-0.05, 0) is 43.9 Å². The van der Waals surface area contributed by atoms with Crippen molar-refractivity contribution in [2.75, 3.05) is 12.4 Å². The van der Waals surface area contributed by atoms with E-state index in [1.807, 2.05) is 31.2 Å². The average Bonchev–Trinajstić information content (AvgIpc) is 2.86. The van der Waals surface area contributed by atoms with Crippen molar-refractivity contribution in [3.8, 4) is 0 Å². The van der Waals surface area contributed by atoms with Crippen molar-refractivity contribution in [3.63, 3.8) is 0 Å². The number of nitrogens with one attached hydrogen (secondary N) is 2. The van der Waals surface area contributed by atoms with Crippen molar-refractivity contribution in [1.29, 1.82) is 0 Å². The van der Waals surface area contributed by atoms with Gasteiger partial charge in [-0.3, -0.25) is 0 Å². The van der Waals surface area contributed by atoms with Gasteiger partial charge in [0, 0.05) is 24.9 Å². The number of rotatable bonds is 4. The summed E-state index contributed by atoms with van der Waals surface area (Å²) in [6.45, 7) is 1.93. The Kier molecular flexibility index (Phi) is 4.98. The van der Waals surface area contributed by atoms with E-state index in [1.165, 1.54) is 0 Å². The Hall–Kier alpha value is -1.59. The average molecular weight is 277 g/mol. The van der Waals surface area contributed by atoms with Crippen LogP contribution in [0.25, 0.3) is 0 Å². The molecule has 1 aliphatic rings. The van der Waals surface area contributed by atoms with E-state index in [4.69, 9.17) is 10.5 Å². The van der Waals surface area contributed by atoms with Gasteiger partial charge in [0.15, 0.2) is 0 Å². The van der Waals surface area contributed by atoms with E-state index in [9.17, 15) is 4.79 Å². The highest BCUT2D eigenvalue weighted by Crippen LogP contribution is 2.21. The molecule has 1 fully saturated rings. The van der Waals surface area contributed by atoms with Gasteiger partial charge < -0.3 is 21.1 Å². The quantitative estimate of drug-likeness (QED) is 0.791. The second-order valence-electron chi connectivity index (χ2n) is 5.38. The number of anilines is 1. The predicted octanol–water partition coefficient (Wildman–Crippen LogP) is 2.40. The number of carbonyl (C=O) groups is 1. The van der Waals surface area contributed by atoms with E-state index >= 15 is 0 Å². The van der Waals surface area contributed by atoms with Crippen molar-refractivity contribution < 1.29 is 9.53 Å². The summed E-state index contributed by atoms with van der Waals surface area (Å²) in [5, 5.41) is 5.81. The Labute approximate surface area is 119 Å². The van der Waals surface area contributed by atoms with Gasteiger partial charge in [-0.15, -0.1) is 0 Å². The molecule has 0 saturated heterocycles. The first-order chi connectivity index (χ1) is 9.58. The first-order valence-corrected chi connectivity index (χ1v) is 7.04. The number of methoxy groups -OCH3 is 1. The maximum Gasteiger partial charge on any atom is 0.319 e. The number of carbonyl (C=O) groups excluding carboxylic acids is 1. The lowest BCUT2D eigenvalue weighted by Gasteiger charge is -2.14. The maximum absolute atomic E-state index is 11.9. The largest absolute Gasteiger partial charge is 0.381 e. The lowest BCUT2D eigenvalue weighted by atomic mass is 10.1. The molecule has 0 spiro atoms. The highest BCUT2D eigenvalue weighted by atomic mass is 16.5. The van der Waals surface area contributed by atoms with E-state index in [-0.39, 0.29) is 24.2 Å². The number of hydrogen-bond acceptors (Lipinski definition) is 3. The van der Waals surface area contributed by atoms with Crippen LogP contribution in [0, 0.1) is 0 Å². The van der Waals surface area contributed by atoms with Crippen LogP contribution in [0.1, 0.15) is 37.8 Å². The standard InChI is InChI=1S/C15H23N3O2/c1-10(16)11-3-5-12(6-4-11)17-15(19)18-13-7-8-14(9-13)20-2/h3-6,10,13-14H,7-9,16H2,1-2H3,(H2,17,18,19). The van der Waals surface area contributed by atoms with Crippen LogP contribution in [-0.2, 0) is 4.74 Å². The zero-order valence-corrected chi connectivity index (χ0v) is 12.1. The molecule has 4 N–H and O–H groups in total. The molecule has 1 saturated carbocycles. The first kappa shape index (κ1) is 14.8. The molecule has 0 heterocycles. The first-order valence-electron chi connectivity index (χ1n) is 7.04. The summed E-state index contributed by atoms with van der Waals surface area (Å²) in [7, 11) is 1.72. The van der Waals surface area contributed by atoms with E-state index in [2.05, 4.69) is 10.6 Å². The molecule has 1 aromatic rings. The molecular formula is C15H23N3O2. The normalized spacial score (nSPS) is 23.4. The highest BCUT2D eigenvalue weighted by Gasteiger charge is 2.25. The van der Waals surface area contributed by atoms with E-state index in [0.29, 0.717) is 0 Å². The molecule has 2 amide bonds. The van der Waals surface area contributed by atoms with Crippen LogP contribution in [0.15, 0.2) is 24.3 Å². The molecule has 5 nitrogen and oxygen atoms in total. The van der Waals surface area contributed by atoms with Crippen LogP contribution >= 0.6 is 0 Å². The SMILES string of the molecule is COC1CCC(NC(=O)Nc2ccc(C(C)N)cc2)C1. The zero-order valence-electron chi connectivity index (χ0n) is 12.1. The van der Waals surface area contributed by atoms with E-state index in [1.54, 1.807) is 7.11 Å². The Morgan fingerprint density at radius 2 is 2.05 bits per heavy atom. The van der Waals surface area contributed by atoms with E-state index in [0.717, 1.165) is 30.5 Å². The van der Waals surface area contributed by atoms with Crippen LogP contribution in [0.4, 0.5) is 10.5 Å². The number of hydrogen-bond donors (Lipinski definition) is 3. The summed E-state index contributed by atoms with van der Waals surface area (Å²) in [6.07, 6.45) is 3.12. The fraction of sp³-hybridized carbons (Fsp3) is 0.533. The fourth-order valence-electron chi connectivity index (χ4n) is 2.51.